The van der Waals surface area contributed by atoms with E-state index in [0.717, 1.165) is 24.0 Å². The molecule has 2 aromatic carbocycles. The van der Waals surface area contributed by atoms with E-state index in [1.54, 1.807) is 6.07 Å². The Balaban J connectivity index is 1.63. The zero-order valence-electron chi connectivity index (χ0n) is 25.0. The predicted molar refractivity (Wildman–Crippen MR) is 160 cm³/mol. The van der Waals surface area contributed by atoms with Gasteiger partial charge in [0.05, 0.1) is 5.56 Å². The second kappa shape index (κ2) is 11.9. The van der Waals surface area contributed by atoms with Crippen LogP contribution in [0.25, 0.3) is 0 Å². The lowest BCUT2D eigenvalue weighted by Crippen LogP contribution is -2.46. The zero-order chi connectivity index (χ0) is 30.1. The van der Waals surface area contributed by atoms with Gasteiger partial charge in [0.15, 0.2) is 5.78 Å². The molecule has 1 aliphatic heterocycles. The van der Waals surface area contributed by atoms with E-state index in [1.807, 2.05) is 12.1 Å². The first-order chi connectivity index (χ1) is 19.2. The summed E-state index contributed by atoms with van der Waals surface area (Å²) in [5, 5.41) is 31.1. The van der Waals surface area contributed by atoms with Gasteiger partial charge in [0.25, 0.3) is 0 Å². The quantitative estimate of drug-likeness (QED) is 0.175. The second-order valence-electron chi connectivity index (χ2n) is 13.0. The summed E-state index contributed by atoms with van der Waals surface area (Å²) in [6, 6.07) is 7.37. The van der Waals surface area contributed by atoms with Crippen LogP contribution in [0, 0.1) is 5.92 Å². The van der Waals surface area contributed by atoms with Crippen LogP contribution in [0.5, 0.6) is 17.2 Å². The number of fused-ring (bicyclic) bond motifs is 3. The molecule has 0 amide bonds. The number of carboxylic acid groups (broad SMARTS) is 1. The van der Waals surface area contributed by atoms with Crippen LogP contribution < -0.4 is 10.5 Å². The number of aliphatic carboxylic acids is 1. The van der Waals surface area contributed by atoms with Crippen molar-refractivity contribution in [1.82, 2.24) is 0 Å². The van der Waals surface area contributed by atoms with Crippen LogP contribution in [0.3, 0.4) is 0 Å². The maximum atomic E-state index is 13.7. The number of carboxylic acids is 1. The number of unbranched alkanes of at least 4 members (excludes halogenated alkanes) is 3. The van der Waals surface area contributed by atoms with E-state index in [2.05, 4.69) is 40.7 Å². The summed E-state index contributed by atoms with van der Waals surface area (Å²) in [6.07, 6.45) is 8.69. The number of aromatic hydroxyl groups is 2. The standard InChI is InChI=1S/C34H45NO6/c1-6-7-8-9-14-33(2,3)22-18-28(37)30-23-17-21(11-12-25(23)34(4,5)41-29(30)19-22)31(38)24-15-20(10-13-27(24)36)16-26(35)32(39)40/h10-11,13,15,18-19,23,25-26,36-37H,6-9,12,14,16-17,35H2,1-5H3,(H,39,40)/t23-,25-,26-/m1/s1. The number of ketones is 1. The molecular formula is C34H45NO6. The highest BCUT2D eigenvalue weighted by atomic mass is 16.5. The van der Waals surface area contributed by atoms with Gasteiger partial charge in [0.2, 0.25) is 0 Å². The van der Waals surface area contributed by atoms with Crippen molar-refractivity contribution in [2.24, 2.45) is 11.7 Å². The van der Waals surface area contributed by atoms with E-state index in [1.165, 1.54) is 31.4 Å². The summed E-state index contributed by atoms with van der Waals surface area (Å²) >= 11 is 0. The lowest BCUT2D eigenvalue weighted by molar-refractivity contribution is -0.138. The Hall–Kier alpha value is -3.32. The fraction of sp³-hybridized carbons (Fsp3) is 0.529. The molecule has 7 nitrogen and oxygen atoms in total. The third-order valence-electron chi connectivity index (χ3n) is 9.11. The van der Waals surface area contributed by atoms with E-state index >= 15 is 0 Å². The van der Waals surface area contributed by atoms with Gasteiger partial charge in [-0.3, -0.25) is 9.59 Å². The van der Waals surface area contributed by atoms with Crippen LogP contribution in [0.1, 0.15) is 113 Å². The van der Waals surface area contributed by atoms with Gasteiger partial charge < -0.3 is 25.8 Å². The van der Waals surface area contributed by atoms with Crippen LogP contribution >= 0.6 is 0 Å². The number of allylic oxidation sites excluding steroid dienone is 2. The van der Waals surface area contributed by atoms with Gasteiger partial charge in [-0.2, -0.15) is 0 Å². The lowest BCUT2D eigenvalue weighted by Gasteiger charge is -2.47. The normalized spacial score (nSPS) is 20.3. The molecular weight excluding hydrogens is 518 g/mol. The molecule has 7 heteroatoms. The first-order valence-corrected chi connectivity index (χ1v) is 14.9. The predicted octanol–water partition coefficient (Wildman–Crippen LogP) is 6.77. The van der Waals surface area contributed by atoms with Crippen molar-refractivity contribution >= 4 is 11.8 Å². The Bertz CT molecular complexity index is 1340. The van der Waals surface area contributed by atoms with Crippen molar-refractivity contribution in [1.29, 1.82) is 0 Å². The number of carbonyl (C=O) groups is 2. The van der Waals surface area contributed by atoms with Crippen molar-refractivity contribution < 1.29 is 29.6 Å². The minimum absolute atomic E-state index is 0.0453. The van der Waals surface area contributed by atoms with Crippen molar-refractivity contribution in [2.75, 3.05) is 0 Å². The number of rotatable bonds is 11. The summed E-state index contributed by atoms with van der Waals surface area (Å²) < 4.78 is 6.55. The number of nitrogens with two attached hydrogens (primary N) is 1. The Morgan fingerprint density at radius 3 is 2.51 bits per heavy atom. The fourth-order valence-electron chi connectivity index (χ4n) is 6.52. The number of hydrogen-bond acceptors (Lipinski definition) is 6. The van der Waals surface area contributed by atoms with Gasteiger partial charge in [-0.05, 0) is 85.9 Å². The number of carbonyl (C=O) groups excluding carboxylic acids is 1. The molecule has 5 N–H and O–H groups in total. The van der Waals surface area contributed by atoms with E-state index < -0.39 is 17.6 Å². The molecule has 3 atom stereocenters. The van der Waals surface area contributed by atoms with Gasteiger partial charge in [0.1, 0.15) is 28.9 Å². The van der Waals surface area contributed by atoms with Crippen LogP contribution in [-0.4, -0.2) is 38.7 Å². The number of hydrogen-bond donors (Lipinski definition) is 4. The Kier molecular flexibility index (Phi) is 8.88. The fourth-order valence-corrected chi connectivity index (χ4v) is 6.52. The van der Waals surface area contributed by atoms with Crippen molar-refractivity contribution in [3.05, 3.63) is 64.2 Å². The number of phenols is 2. The number of benzene rings is 2. The Morgan fingerprint density at radius 1 is 1.10 bits per heavy atom. The first kappa shape index (κ1) is 30.6. The van der Waals surface area contributed by atoms with E-state index in [-0.39, 0.29) is 46.5 Å². The molecule has 0 saturated carbocycles. The smallest absolute Gasteiger partial charge is 0.320 e. The SMILES string of the molecule is CCCCCCC(C)(C)c1cc(O)c2c(c1)OC(C)(C)[C@@H]1CC=C(C(=O)c3cc(C[C@@H](N)C(=O)O)ccc3O)C[C@@H]21. The Labute approximate surface area is 243 Å². The van der Waals surface area contributed by atoms with E-state index in [4.69, 9.17) is 10.5 Å². The van der Waals surface area contributed by atoms with Gasteiger partial charge in [0, 0.05) is 17.4 Å². The lowest BCUT2D eigenvalue weighted by atomic mass is 9.66. The third-order valence-corrected chi connectivity index (χ3v) is 9.11. The molecule has 4 rings (SSSR count). The third kappa shape index (κ3) is 6.45. The van der Waals surface area contributed by atoms with Gasteiger partial charge >= 0.3 is 5.97 Å². The summed E-state index contributed by atoms with van der Waals surface area (Å²) in [5.74, 6) is -0.798. The zero-order valence-corrected chi connectivity index (χ0v) is 25.0. The van der Waals surface area contributed by atoms with Gasteiger partial charge in [-0.15, -0.1) is 0 Å². The number of ether oxygens (including phenoxy) is 1. The monoisotopic (exact) mass is 563 g/mol. The maximum Gasteiger partial charge on any atom is 0.320 e. The Morgan fingerprint density at radius 2 is 1.83 bits per heavy atom. The minimum atomic E-state index is -1.13. The molecule has 1 aliphatic carbocycles. The molecule has 222 valence electrons. The number of phenolic OH excluding ortho intramolecular Hbond substituents is 2. The highest BCUT2D eigenvalue weighted by molar-refractivity contribution is 6.10. The molecule has 0 bridgehead atoms. The van der Waals surface area contributed by atoms with Crippen molar-refractivity contribution in [3.8, 4) is 17.2 Å². The molecule has 2 aliphatic rings. The summed E-state index contributed by atoms with van der Waals surface area (Å²) in [5.41, 5.74) is 8.10. The first-order valence-electron chi connectivity index (χ1n) is 14.9. The maximum absolute atomic E-state index is 13.7. The highest BCUT2D eigenvalue weighted by Crippen LogP contribution is 2.55. The largest absolute Gasteiger partial charge is 0.508 e. The minimum Gasteiger partial charge on any atom is -0.508 e. The molecule has 1 heterocycles. The molecule has 0 spiro atoms. The van der Waals surface area contributed by atoms with E-state index in [0.29, 0.717) is 29.7 Å². The molecule has 0 aromatic heterocycles. The molecule has 0 unspecified atom stereocenters. The van der Waals surface area contributed by atoms with Crippen LogP contribution in [0.15, 0.2) is 42.0 Å². The second-order valence-corrected chi connectivity index (χ2v) is 13.0. The van der Waals surface area contributed by atoms with Gasteiger partial charge in [-0.25, -0.2) is 0 Å². The summed E-state index contributed by atoms with van der Waals surface area (Å²) in [6.45, 7) is 10.8. The molecule has 0 fully saturated rings. The molecule has 41 heavy (non-hydrogen) atoms. The molecule has 2 aromatic rings. The average Bonchev–Trinajstić information content (AvgIpc) is 2.90. The molecule has 0 saturated heterocycles. The van der Waals surface area contributed by atoms with E-state index in [9.17, 15) is 24.9 Å². The summed E-state index contributed by atoms with van der Waals surface area (Å²) in [4.78, 5) is 24.9. The molecule has 0 radical (unpaired) electrons. The highest BCUT2D eigenvalue weighted by Gasteiger charge is 2.47. The van der Waals surface area contributed by atoms with Gasteiger partial charge in [-0.1, -0.05) is 58.6 Å². The van der Waals surface area contributed by atoms with Crippen LogP contribution in [-0.2, 0) is 16.6 Å². The number of Topliss-reactive ketones (excluding diaryl/α,β-unsaturated/α-hetero) is 1. The van der Waals surface area contributed by atoms with Crippen molar-refractivity contribution in [2.45, 2.75) is 109 Å². The average molecular weight is 564 g/mol. The topological polar surface area (TPSA) is 130 Å². The van der Waals surface area contributed by atoms with Crippen LogP contribution in [0.4, 0.5) is 0 Å². The summed E-state index contributed by atoms with van der Waals surface area (Å²) in [7, 11) is 0. The van der Waals surface area contributed by atoms with Crippen molar-refractivity contribution in [3.63, 3.8) is 0 Å². The van der Waals surface area contributed by atoms with Crippen LogP contribution in [0.2, 0.25) is 0 Å².